The van der Waals surface area contributed by atoms with Crippen LogP contribution < -0.4 is 9.47 Å². The van der Waals surface area contributed by atoms with E-state index in [4.69, 9.17) is 9.47 Å². The molecule has 0 amide bonds. The SMILES string of the molecule is COC(=O)c1ccc(OCCCBr)c(OC)c1. The molecule has 0 aliphatic carbocycles. The van der Waals surface area contributed by atoms with Crippen molar-refractivity contribution in [3.05, 3.63) is 23.8 Å². The van der Waals surface area contributed by atoms with Gasteiger partial charge in [0.25, 0.3) is 0 Å². The van der Waals surface area contributed by atoms with Crippen LogP contribution in [0.25, 0.3) is 0 Å². The van der Waals surface area contributed by atoms with Gasteiger partial charge in [-0.05, 0) is 24.6 Å². The highest BCUT2D eigenvalue weighted by Gasteiger charge is 2.10. The Bertz CT molecular complexity index is 379. The Labute approximate surface area is 109 Å². The molecule has 1 aromatic carbocycles. The highest BCUT2D eigenvalue weighted by molar-refractivity contribution is 9.09. The Morgan fingerprint density at radius 2 is 2.06 bits per heavy atom. The third-order valence-electron chi connectivity index (χ3n) is 2.12. The predicted octanol–water partition coefficient (Wildman–Crippen LogP) is 2.65. The zero-order valence-electron chi connectivity index (χ0n) is 9.86. The van der Waals surface area contributed by atoms with Gasteiger partial charge in [0.1, 0.15) is 0 Å². The molecule has 5 heteroatoms. The monoisotopic (exact) mass is 302 g/mol. The molecule has 0 radical (unpaired) electrons. The van der Waals surface area contributed by atoms with E-state index in [9.17, 15) is 4.79 Å². The summed E-state index contributed by atoms with van der Waals surface area (Å²) in [7, 11) is 2.88. The van der Waals surface area contributed by atoms with E-state index < -0.39 is 5.97 Å². The highest BCUT2D eigenvalue weighted by atomic mass is 79.9. The predicted molar refractivity (Wildman–Crippen MR) is 68.2 cm³/mol. The molecule has 4 nitrogen and oxygen atoms in total. The van der Waals surface area contributed by atoms with Crippen molar-refractivity contribution in [2.45, 2.75) is 6.42 Å². The molecule has 0 aliphatic heterocycles. The van der Waals surface area contributed by atoms with Gasteiger partial charge in [0.2, 0.25) is 0 Å². The molecular weight excluding hydrogens is 288 g/mol. The minimum Gasteiger partial charge on any atom is -0.493 e. The van der Waals surface area contributed by atoms with Crippen LogP contribution in [-0.2, 0) is 4.74 Å². The van der Waals surface area contributed by atoms with Crippen molar-refractivity contribution >= 4 is 21.9 Å². The quantitative estimate of drug-likeness (QED) is 0.460. The number of ether oxygens (including phenoxy) is 3. The lowest BCUT2D eigenvalue weighted by molar-refractivity contribution is 0.0600. The van der Waals surface area contributed by atoms with Gasteiger partial charge in [-0.3, -0.25) is 0 Å². The lowest BCUT2D eigenvalue weighted by Crippen LogP contribution is -2.04. The summed E-state index contributed by atoms with van der Waals surface area (Å²) in [6.45, 7) is 0.596. The molecule has 0 atom stereocenters. The van der Waals surface area contributed by atoms with E-state index in [2.05, 4.69) is 20.7 Å². The van der Waals surface area contributed by atoms with E-state index in [1.807, 2.05) is 0 Å². The molecule has 0 N–H and O–H groups in total. The Kier molecular flexibility index (Phi) is 5.83. The van der Waals surface area contributed by atoms with Crippen LogP contribution in [0.5, 0.6) is 11.5 Å². The Morgan fingerprint density at radius 3 is 2.65 bits per heavy atom. The topological polar surface area (TPSA) is 44.8 Å². The van der Waals surface area contributed by atoms with Gasteiger partial charge >= 0.3 is 5.97 Å². The summed E-state index contributed by atoms with van der Waals surface area (Å²) in [5.41, 5.74) is 0.442. The van der Waals surface area contributed by atoms with Crippen LogP contribution >= 0.6 is 15.9 Å². The molecule has 1 aromatic rings. The molecule has 0 unspecified atom stereocenters. The highest BCUT2D eigenvalue weighted by Crippen LogP contribution is 2.28. The average Bonchev–Trinajstić information content (AvgIpc) is 2.38. The Morgan fingerprint density at radius 1 is 1.29 bits per heavy atom. The fourth-order valence-corrected chi connectivity index (χ4v) is 1.50. The third-order valence-corrected chi connectivity index (χ3v) is 2.68. The van der Waals surface area contributed by atoms with Crippen molar-refractivity contribution in [1.29, 1.82) is 0 Å². The van der Waals surface area contributed by atoms with E-state index >= 15 is 0 Å². The van der Waals surface area contributed by atoms with E-state index in [1.165, 1.54) is 14.2 Å². The fraction of sp³-hybridized carbons (Fsp3) is 0.417. The van der Waals surface area contributed by atoms with E-state index in [1.54, 1.807) is 18.2 Å². The molecule has 0 saturated carbocycles. The first-order valence-corrected chi connectivity index (χ1v) is 6.30. The molecule has 17 heavy (non-hydrogen) atoms. The molecule has 0 heterocycles. The van der Waals surface area contributed by atoms with Crippen molar-refractivity contribution in [2.24, 2.45) is 0 Å². The van der Waals surface area contributed by atoms with Crippen molar-refractivity contribution in [3.8, 4) is 11.5 Å². The molecule has 0 aromatic heterocycles. The Hall–Kier alpha value is -1.23. The smallest absolute Gasteiger partial charge is 0.337 e. The van der Waals surface area contributed by atoms with Gasteiger partial charge in [0.15, 0.2) is 11.5 Å². The molecule has 0 spiro atoms. The number of esters is 1. The van der Waals surface area contributed by atoms with E-state index in [-0.39, 0.29) is 0 Å². The second-order valence-electron chi connectivity index (χ2n) is 3.25. The summed E-state index contributed by atoms with van der Waals surface area (Å²) in [5, 5.41) is 0.884. The van der Waals surface area contributed by atoms with Crippen LogP contribution in [0.3, 0.4) is 0 Å². The molecule has 0 bridgehead atoms. The number of rotatable bonds is 6. The summed E-state index contributed by atoms with van der Waals surface area (Å²) < 4.78 is 15.3. The van der Waals surface area contributed by atoms with Crippen molar-refractivity contribution < 1.29 is 19.0 Å². The van der Waals surface area contributed by atoms with Crippen molar-refractivity contribution in [1.82, 2.24) is 0 Å². The van der Waals surface area contributed by atoms with Crippen molar-refractivity contribution in [2.75, 3.05) is 26.2 Å². The second-order valence-corrected chi connectivity index (χ2v) is 4.04. The van der Waals surface area contributed by atoms with Crippen LogP contribution in [-0.4, -0.2) is 32.1 Å². The van der Waals surface area contributed by atoms with Crippen LogP contribution in [0.15, 0.2) is 18.2 Å². The maximum Gasteiger partial charge on any atom is 0.337 e. The molecule has 0 aliphatic rings. The van der Waals surface area contributed by atoms with Crippen LogP contribution in [0.2, 0.25) is 0 Å². The zero-order chi connectivity index (χ0) is 12.7. The first-order valence-electron chi connectivity index (χ1n) is 5.18. The number of methoxy groups -OCH3 is 2. The number of hydrogen-bond donors (Lipinski definition) is 0. The maximum absolute atomic E-state index is 11.3. The average molecular weight is 303 g/mol. The van der Waals surface area contributed by atoms with Gasteiger partial charge in [0.05, 0.1) is 26.4 Å². The lowest BCUT2D eigenvalue weighted by atomic mass is 10.2. The Balaban J connectivity index is 2.81. The summed E-state index contributed by atoms with van der Waals surface area (Å²) in [4.78, 5) is 11.3. The summed E-state index contributed by atoms with van der Waals surface area (Å²) in [5.74, 6) is 0.763. The number of halogens is 1. The van der Waals surface area contributed by atoms with Gasteiger partial charge in [0, 0.05) is 5.33 Å². The number of carbonyl (C=O) groups is 1. The summed E-state index contributed by atoms with van der Waals surface area (Å²) >= 11 is 3.33. The first-order chi connectivity index (χ1) is 8.22. The van der Waals surface area contributed by atoms with Gasteiger partial charge in [-0.25, -0.2) is 4.79 Å². The van der Waals surface area contributed by atoms with Crippen LogP contribution in [0.1, 0.15) is 16.8 Å². The van der Waals surface area contributed by atoms with Crippen LogP contribution in [0.4, 0.5) is 0 Å². The van der Waals surface area contributed by atoms with Gasteiger partial charge in [-0.1, -0.05) is 15.9 Å². The summed E-state index contributed by atoms with van der Waals surface area (Å²) in [6.07, 6.45) is 0.905. The minimum absolute atomic E-state index is 0.393. The molecular formula is C12H15BrO4. The van der Waals surface area contributed by atoms with E-state index in [0.29, 0.717) is 23.7 Å². The number of hydrogen-bond acceptors (Lipinski definition) is 4. The lowest BCUT2D eigenvalue weighted by Gasteiger charge is -2.11. The normalized spacial score (nSPS) is 9.82. The third kappa shape index (κ3) is 3.93. The molecule has 0 saturated heterocycles. The maximum atomic E-state index is 11.3. The van der Waals surface area contributed by atoms with Gasteiger partial charge in [-0.15, -0.1) is 0 Å². The second kappa shape index (κ2) is 7.17. The fourth-order valence-electron chi connectivity index (χ4n) is 1.27. The van der Waals surface area contributed by atoms with Crippen molar-refractivity contribution in [3.63, 3.8) is 0 Å². The number of alkyl halides is 1. The van der Waals surface area contributed by atoms with Gasteiger partial charge < -0.3 is 14.2 Å². The largest absolute Gasteiger partial charge is 0.493 e. The number of carbonyl (C=O) groups excluding carboxylic acids is 1. The first kappa shape index (κ1) is 13.8. The van der Waals surface area contributed by atoms with Crippen LogP contribution in [0, 0.1) is 0 Å². The summed E-state index contributed by atoms with van der Waals surface area (Å²) in [6, 6.07) is 4.96. The molecule has 94 valence electrons. The molecule has 0 fully saturated rings. The minimum atomic E-state index is -0.393. The standard InChI is InChI=1S/C12H15BrO4/c1-15-11-8-9(12(14)16-2)4-5-10(11)17-7-3-6-13/h4-5,8H,3,6-7H2,1-2H3. The molecule has 1 rings (SSSR count). The zero-order valence-corrected chi connectivity index (χ0v) is 11.5. The van der Waals surface area contributed by atoms with E-state index in [0.717, 1.165) is 11.8 Å². The number of benzene rings is 1. The van der Waals surface area contributed by atoms with Gasteiger partial charge in [-0.2, -0.15) is 0 Å².